The number of pyridine rings is 1. The normalized spacial score (nSPS) is 19.5. The van der Waals surface area contributed by atoms with Gasteiger partial charge in [-0.05, 0) is 38.4 Å². The summed E-state index contributed by atoms with van der Waals surface area (Å²) >= 11 is 0. The van der Waals surface area contributed by atoms with Crippen LogP contribution >= 0.6 is 0 Å². The molecule has 3 rings (SSSR count). The third kappa shape index (κ3) is 4.30. The van der Waals surface area contributed by atoms with Crippen LogP contribution in [0.15, 0.2) is 30.6 Å². The molecule has 1 aliphatic rings. The lowest BCUT2D eigenvalue weighted by Crippen LogP contribution is -2.51. The Hall–Kier alpha value is -2.54. The summed E-state index contributed by atoms with van der Waals surface area (Å²) in [4.78, 5) is 26.1. The van der Waals surface area contributed by atoms with Gasteiger partial charge >= 0.3 is 5.97 Å². The molecule has 0 spiro atoms. The van der Waals surface area contributed by atoms with E-state index in [1.165, 1.54) is 0 Å². The number of nitrogens with zero attached hydrogens (tertiary/aromatic N) is 4. The number of aromatic nitrogens is 3. The average molecular weight is 341 g/mol. The zero-order chi connectivity index (χ0) is 17.8. The number of anilines is 1. The second kappa shape index (κ2) is 7.57. The zero-order valence-corrected chi connectivity index (χ0v) is 14.5. The van der Waals surface area contributed by atoms with E-state index in [1.54, 1.807) is 12.4 Å². The van der Waals surface area contributed by atoms with E-state index in [2.05, 4.69) is 20.3 Å². The second-order valence-electron chi connectivity index (χ2n) is 6.38. The number of carbonyl (C=O) groups is 1. The van der Waals surface area contributed by atoms with E-state index in [9.17, 15) is 4.79 Å². The summed E-state index contributed by atoms with van der Waals surface area (Å²) in [6, 6.07) is 6.37. The Morgan fingerprint density at radius 2 is 2.20 bits per heavy atom. The highest BCUT2D eigenvalue weighted by Crippen LogP contribution is 2.28. The summed E-state index contributed by atoms with van der Waals surface area (Å²) in [6.45, 7) is 4.80. The van der Waals surface area contributed by atoms with Gasteiger partial charge in [-0.1, -0.05) is 6.92 Å². The van der Waals surface area contributed by atoms with Gasteiger partial charge in [0.25, 0.3) is 0 Å². The predicted octanol–water partition coefficient (Wildman–Crippen LogP) is 2.20. The van der Waals surface area contributed by atoms with Gasteiger partial charge in [0.2, 0.25) is 0 Å². The summed E-state index contributed by atoms with van der Waals surface area (Å²) in [6.07, 6.45) is 5.32. The Bertz CT molecular complexity index is 732. The number of carboxylic acids is 1. The number of likely N-dealkylation sites (N-methyl/N-ethyl adjacent to an activating group) is 1. The van der Waals surface area contributed by atoms with Gasteiger partial charge < -0.3 is 10.4 Å². The molecule has 0 atom stereocenters. The van der Waals surface area contributed by atoms with Crippen molar-refractivity contribution in [2.24, 2.45) is 0 Å². The summed E-state index contributed by atoms with van der Waals surface area (Å²) in [5.74, 6) is 0.689. The standard InChI is InChI=1S/C18H23N5O2/c1-3-23(11-17(24)25)15-8-14(9-15)21-16-7-12(2)20-18(22-16)13-5-4-6-19-10-13/h4-7,10,14-15H,3,8-9,11H2,1-2H3,(H,24,25)(H,20,21,22). The van der Waals surface area contributed by atoms with Gasteiger partial charge in [-0.15, -0.1) is 0 Å². The molecule has 0 bridgehead atoms. The molecule has 132 valence electrons. The van der Waals surface area contributed by atoms with Crippen LogP contribution in [0.1, 0.15) is 25.5 Å². The van der Waals surface area contributed by atoms with Crippen LogP contribution in [0.5, 0.6) is 0 Å². The van der Waals surface area contributed by atoms with Crippen molar-refractivity contribution in [1.29, 1.82) is 0 Å². The van der Waals surface area contributed by atoms with Crippen LogP contribution in [0.3, 0.4) is 0 Å². The van der Waals surface area contributed by atoms with Crippen LogP contribution in [0.4, 0.5) is 5.82 Å². The molecular formula is C18H23N5O2. The maximum atomic E-state index is 10.9. The molecule has 0 saturated heterocycles. The lowest BCUT2D eigenvalue weighted by atomic mass is 9.85. The van der Waals surface area contributed by atoms with Crippen LogP contribution in [-0.4, -0.2) is 56.1 Å². The molecule has 0 radical (unpaired) electrons. The molecular weight excluding hydrogens is 318 g/mol. The van der Waals surface area contributed by atoms with Crippen LogP contribution in [0.2, 0.25) is 0 Å². The number of hydrogen-bond donors (Lipinski definition) is 2. The van der Waals surface area contributed by atoms with Gasteiger partial charge in [0.1, 0.15) is 5.82 Å². The fourth-order valence-electron chi connectivity index (χ4n) is 3.15. The predicted molar refractivity (Wildman–Crippen MR) is 95.3 cm³/mol. The minimum atomic E-state index is -0.772. The maximum absolute atomic E-state index is 10.9. The number of aryl methyl sites for hydroxylation is 1. The summed E-state index contributed by atoms with van der Waals surface area (Å²) < 4.78 is 0. The average Bonchev–Trinajstić information content (AvgIpc) is 2.56. The maximum Gasteiger partial charge on any atom is 0.317 e. The summed E-state index contributed by atoms with van der Waals surface area (Å²) in [5, 5.41) is 12.4. The molecule has 1 fully saturated rings. The molecule has 0 aliphatic heterocycles. The molecule has 0 aromatic carbocycles. The molecule has 1 saturated carbocycles. The fourth-order valence-corrected chi connectivity index (χ4v) is 3.15. The number of aliphatic carboxylic acids is 1. The Morgan fingerprint density at radius 3 is 2.84 bits per heavy atom. The number of rotatable bonds is 7. The van der Waals surface area contributed by atoms with Gasteiger partial charge in [-0.2, -0.15) is 0 Å². The topological polar surface area (TPSA) is 91.2 Å². The first-order valence-corrected chi connectivity index (χ1v) is 8.53. The van der Waals surface area contributed by atoms with Crippen molar-refractivity contribution in [3.05, 3.63) is 36.3 Å². The lowest BCUT2D eigenvalue weighted by Gasteiger charge is -2.42. The monoisotopic (exact) mass is 341 g/mol. The van der Waals surface area contributed by atoms with Crippen LogP contribution in [-0.2, 0) is 4.79 Å². The Kier molecular flexibility index (Phi) is 5.23. The number of hydrogen-bond acceptors (Lipinski definition) is 6. The lowest BCUT2D eigenvalue weighted by molar-refractivity contribution is -0.139. The molecule has 2 aromatic rings. The van der Waals surface area contributed by atoms with Crippen molar-refractivity contribution in [1.82, 2.24) is 19.9 Å². The third-order valence-corrected chi connectivity index (χ3v) is 4.50. The van der Waals surface area contributed by atoms with Gasteiger partial charge in [-0.3, -0.25) is 14.7 Å². The molecule has 25 heavy (non-hydrogen) atoms. The second-order valence-corrected chi connectivity index (χ2v) is 6.38. The van der Waals surface area contributed by atoms with Crippen LogP contribution in [0, 0.1) is 6.92 Å². The highest BCUT2D eigenvalue weighted by atomic mass is 16.4. The molecule has 0 unspecified atom stereocenters. The van der Waals surface area contributed by atoms with Crippen molar-refractivity contribution >= 4 is 11.8 Å². The first kappa shape index (κ1) is 17.3. The molecule has 7 nitrogen and oxygen atoms in total. The van der Waals surface area contributed by atoms with Crippen molar-refractivity contribution in [3.8, 4) is 11.4 Å². The number of carboxylic acid groups (broad SMARTS) is 1. The molecule has 2 heterocycles. The Morgan fingerprint density at radius 1 is 1.40 bits per heavy atom. The first-order chi connectivity index (χ1) is 12.0. The van der Waals surface area contributed by atoms with E-state index < -0.39 is 5.97 Å². The quantitative estimate of drug-likeness (QED) is 0.797. The molecule has 2 N–H and O–H groups in total. The van der Waals surface area contributed by atoms with Gasteiger partial charge in [0.15, 0.2) is 5.82 Å². The van der Waals surface area contributed by atoms with Crippen molar-refractivity contribution in [3.63, 3.8) is 0 Å². The highest BCUT2D eigenvalue weighted by Gasteiger charge is 2.34. The van der Waals surface area contributed by atoms with Crippen molar-refractivity contribution in [2.75, 3.05) is 18.4 Å². The van der Waals surface area contributed by atoms with E-state index in [-0.39, 0.29) is 6.54 Å². The first-order valence-electron chi connectivity index (χ1n) is 8.53. The SMILES string of the molecule is CCN(CC(=O)O)C1CC(Nc2cc(C)nc(-c3cccnc3)n2)C1. The highest BCUT2D eigenvalue weighted by molar-refractivity contribution is 5.69. The summed E-state index contributed by atoms with van der Waals surface area (Å²) in [7, 11) is 0. The van der Waals surface area contributed by atoms with E-state index >= 15 is 0 Å². The van der Waals surface area contributed by atoms with Gasteiger partial charge in [-0.25, -0.2) is 9.97 Å². The van der Waals surface area contributed by atoms with Crippen LogP contribution < -0.4 is 5.32 Å². The van der Waals surface area contributed by atoms with E-state index in [0.717, 1.165) is 36.5 Å². The van der Waals surface area contributed by atoms with Gasteiger partial charge in [0.05, 0.1) is 6.54 Å². The zero-order valence-electron chi connectivity index (χ0n) is 14.5. The smallest absolute Gasteiger partial charge is 0.317 e. The van der Waals surface area contributed by atoms with E-state index in [1.807, 2.05) is 36.9 Å². The molecule has 2 aromatic heterocycles. The fraction of sp³-hybridized carbons (Fsp3) is 0.444. The number of nitrogens with one attached hydrogen (secondary N) is 1. The summed E-state index contributed by atoms with van der Waals surface area (Å²) in [5.41, 5.74) is 1.78. The van der Waals surface area contributed by atoms with Crippen molar-refractivity contribution in [2.45, 2.75) is 38.8 Å². The minimum Gasteiger partial charge on any atom is -0.480 e. The molecule has 0 amide bonds. The largest absolute Gasteiger partial charge is 0.480 e. The molecule has 7 heteroatoms. The van der Waals surface area contributed by atoms with E-state index in [4.69, 9.17) is 5.11 Å². The Balaban J connectivity index is 1.63. The minimum absolute atomic E-state index is 0.103. The van der Waals surface area contributed by atoms with Crippen molar-refractivity contribution < 1.29 is 9.90 Å². The Labute approximate surface area is 147 Å². The third-order valence-electron chi connectivity index (χ3n) is 4.50. The van der Waals surface area contributed by atoms with Gasteiger partial charge in [0, 0.05) is 41.8 Å². The molecule has 1 aliphatic carbocycles. The van der Waals surface area contributed by atoms with E-state index in [0.29, 0.717) is 17.9 Å². The van der Waals surface area contributed by atoms with Crippen LogP contribution in [0.25, 0.3) is 11.4 Å².